The Morgan fingerprint density at radius 1 is 1.18 bits per heavy atom. The van der Waals surface area contributed by atoms with E-state index >= 15 is 0 Å². The SMILES string of the molecule is O=C(c1ccccc1)n1nc(C(F)(F)F)cc1C1=CC=CC1. The summed E-state index contributed by atoms with van der Waals surface area (Å²) in [6, 6.07) is 9.03. The summed E-state index contributed by atoms with van der Waals surface area (Å²) in [7, 11) is 0. The predicted molar refractivity (Wildman–Crippen MR) is 75.1 cm³/mol. The summed E-state index contributed by atoms with van der Waals surface area (Å²) in [5.74, 6) is -0.584. The van der Waals surface area contributed by atoms with Crippen LogP contribution in [0.4, 0.5) is 13.2 Å². The first-order valence-corrected chi connectivity index (χ1v) is 6.60. The number of allylic oxidation sites excluding steroid dienone is 4. The van der Waals surface area contributed by atoms with E-state index in [2.05, 4.69) is 5.10 Å². The van der Waals surface area contributed by atoms with E-state index in [1.165, 1.54) is 0 Å². The molecule has 1 aromatic heterocycles. The average molecular weight is 304 g/mol. The number of carbonyl (C=O) groups excluding carboxylic acids is 1. The molecule has 0 N–H and O–H groups in total. The van der Waals surface area contributed by atoms with E-state index in [0.717, 1.165) is 10.7 Å². The highest BCUT2D eigenvalue weighted by Gasteiger charge is 2.36. The highest BCUT2D eigenvalue weighted by Crippen LogP contribution is 2.32. The summed E-state index contributed by atoms with van der Waals surface area (Å²) in [5.41, 5.74) is 0.0187. The van der Waals surface area contributed by atoms with Crippen molar-refractivity contribution in [2.75, 3.05) is 0 Å². The Morgan fingerprint density at radius 3 is 2.50 bits per heavy atom. The zero-order valence-corrected chi connectivity index (χ0v) is 11.3. The lowest BCUT2D eigenvalue weighted by Crippen LogP contribution is -2.17. The first-order valence-electron chi connectivity index (χ1n) is 6.60. The number of rotatable bonds is 2. The van der Waals surface area contributed by atoms with Crippen molar-refractivity contribution in [2.24, 2.45) is 0 Å². The highest BCUT2D eigenvalue weighted by molar-refractivity contribution is 5.97. The fraction of sp³-hybridized carbons (Fsp3) is 0.125. The molecule has 3 nitrogen and oxygen atoms in total. The van der Waals surface area contributed by atoms with Crippen LogP contribution in [0.5, 0.6) is 0 Å². The molecule has 0 fully saturated rings. The second kappa shape index (κ2) is 5.29. The smallest absolute Gasteiger partial charge is 0.267 e. The number of halogens is 3. The fourth-order valence-corrected chi connectivity index (χ4v) is 2.24. The van der Waals surface area contributed by atoms with E-state index in [9.17, 15) is 18.0 Å². The molecule has 112 valence electrons. The third kappa shape index (κ3) is 2.59. The summed E-state index contributed by atoms with van der Waals surface area (Å²) in [4.78, 5) is 12.4. The molecule has 0 saturated heterocycles. The monoisotopic (exact) mass is 304 g/mol. The Morgan fingerprint density at radius 2 is 1.91 bits per heavy atom. The Labute approximate surface area is 124 Å². The van der Waals surface area contributed by atoms with Gasteiger partial charge in [0.25, 0.3) is 5.91 Å². The zero-order valence-electron chi connectivity index (χ0n) is 11.3. The van der Waals surface area contributed by atoms with Crippen molar-refractivity contribution in [3.63, 3.8) is 0 Å². The minimum absolute atomic E-state index is 0.172. The van der Waals surface area contributed by atoms with Crippen molar-refractivity contribution in [3.8, 4) is 0 Å². The van der Waals surface area contributed by atoms with Crippen LogP contribution in [-0.4, -0.2) is 15.7 Å². The van der Waals surface area contributed by atoms with Gasteiger partial charge in [-0.1, -0.05) is 36.4 Å². The fourth-order valence-electron chi connectivity index (χ4n) is 2.24. The molecule has 0 amide bonds. The molecule has 0 bridgehead atoms. The average Bonchev–Trinajstić information content (AvgIpc) is 3.15. The van der Waals surface area contributed by atoms with Crippen molar-refractivity contribution >= 4 is 11.5 Å². The van der Waals surface area contributed by atoms with Gasteiger partial charge in [0.05, 0.1) is 5.69 Å². The van der Waals surface area contributed by atoms with E-state index in [4.69, 9.17) is 0 Å². The standard InChI is InChI=1S/C16H11F3N2O/c17-16(18,19)14-10-13(11-6-4-5-7-11)21(20-14)15(22)12-8-2-1-3-9-12/h1-6,8-10H,7H2. The molecule has 0 aliphatic heterocycles. The van der Waals surface area contributed by atoms with Gasteiger partial charge in [0.2, 0.25) is 0 Å². The Hall–Kier alpha value is -2.63. The molecule has 22 heavy (non-hydrogen) atoms. The van der Waals surface area contributed by atoms with Crippen molar-refractivity contribution in [1.82, 2.24) is 9.78 Å². The molecular weight excluding hydrogens is 293 g/mol. The normalized spacial score (nSPS) is 14.2. The number of hydrogen-bond acceptors (Lipinski definition) is 2. The van der Waals surface area contributed by atoms with Gasteiger partial charge >= 0.3 is 6.18 Å². The molecule has 6 heteroatoms. The predicted octanol–water partition coefficient (Wildman–Crippen LogP) is 3.93. The number of carbonyl (C=O) groups is 1. The molecule has 2 aromatic rings. The number of hydrogen-bond donors (Lipinski definition) is 0. The van der Waals surface area contributed by atoms with Gasteiger partial charge in [0, 0.05) is 5.56 Å². The molecule has 1 heterocycles. The number of benzene rings is 1. The molecule has 3 rings (SSSR count). The molecule has 1 aromatic carbocycles. The van der Waals surface area contributed by atoms with E-state index in [1.807, 2.05) is 6.08 Å². The minimum atomic E-state index is -4.59. The topological polar surface area (TPSA) is 34.9 Å². The first-order chi connectivity index (χ1) is 10.5. The molecule has 0 saturated carbocycles. The first kappa shape index (κ1) is 14.3. The number of aromatic nitrogens is 2. The molecule has 0 atom stereocenters. The lowest BCUT2D eigenvalue weighted by atomic mass is 10.1. The number of nitrogens with zero attached hydrogens (tertiary/aromatic N) is 2. The van der Waals surface area contributed by atoms with E-state index in [-0.39, 0.29) is 11.3 Å². The number of alkyl halides is 3. The summed E-state index contributed by atoms with van der Waals surface area (Å²) < 4.78 is 39.6. The van der Waals surface area contributed by atoms with Gasteiger partial charge in [-0.15, -0.1) is 0 Å². The van der Waals surface area contributed by atoms with Gasteiger partial charge in [0.1, 0.15) is 0 Å². The maximum Gasteiger partial charge on any atom is 0.435 e. The highest BCUT2D eigenvalue weighted by atomic mass is 19.4. The zero-order chi connectivity index (χ0) is 15.7. The lowest BCUT2D eigenvalue weighted by molar-refractivity contribution is -0.141. The van der Waals surface area contributed by atoms with Crippen LogP contribution in [0.15, 0.2) is 54.6 Å². The van der Waals surface area contributed by atoms with Gasteiger partial charge in [0.15, 0.2) is 5.69 Å². The Kier molecular flexibility index (Phi) is 3.44. The van der Waals surface area contributed by atoms with E-state index < -0.39 is 17.8 Å². The van der Waals surface area contributed by atoms with Crippen LogP contribution in [0, 0.1) is 0 Å². The van der Waals surface area contributed by atoms with Gasteiger partial charge in [-0.25, -0.2) is 0 Å². The van der Waals surface area contributed by atoms with Gasteiger partial charge in [-0.3, -0.25) is 4.79 Å². The van der Waals surface area contributed by atoms with Crippen LogP contribution < -0.4 is 0 Å². The molecule has 0 unspecified atom stereocenters. The lowest BCUT2D eigenvalue weighted by Gasteiger charge is -2.06. The van der Waals surface area contributed by atoms with Gasteiger partial charge in [-0.2, -0.15) is 23.0 Å². The summed E-state index contributed by atoms with van der Waals surface area (Å²) in [6.07, 6.45) is 1.13. The van der Waals surface area contributed by atoms with Crippen LogP contribution >= 0.6 is 0 Å². The largest absolute Gasteiger partial charge is 0.435 e. The van der Waals surface area contributed by atoms with Crippen molar-refractivity contribution in [2.45, 2.75) is 12.6 Å². The molecule has 1 aliphatic carbocycles. The molecular formula is C16H11F3N2O. The third-order valence-electron chi connectivity index (χ3n) is 3.31. The van der Waals surface area contributed by atoms with Gasteiger partial charge in [-0.05, 0) is 30.2 Å². The Bertz CT molecular complexity index is 770. The van der Waals surface area contributed by atoms with Crippen molar-refractivity contribution in [1.29, 1.82) is 0 Å². The third-order valence-corrected chi connectivity index (χ3v) is 3.31. The quantitative estimate of drug-likeness (QED) is 0.842. The molecule has 0 radical (unpaired) electrons. The van der Waals surface area contributed by atoms with Crippen LogP contribution in [0.25, 0.3) is 5.57 Å². The summed E-state index contributed by atoms with van der Waals surface area (Å²) >= 11 is 0. The molecule has 1 aliphatic rings. The van der Waals surface area contributed by atoms with E-state index in [1.54, 1.807) is 42.5 Å². The second-order valence-corrected chi connectivity index (χ2v) is 4.82. The van der Waals surface area contributed by atoms with Gasteiger partial charge < -0.3 is 0 Å². The second-order valence-electron chi connectivity index (χ2n) is 4.82. The maximum absolute atomic E-state index is 12.9. The van der Waals surface area contributed by atoms with Crippen LogP contribution in [0.3, 0.4) is 0 Å². The maximum atomic E-state index is 12.9. The Balaban J connectivity index is 2.09. The van der Waals surface area contributed by atoms with Crippen molar-refractivity contribution < 1.29 is 18.0 Å². The van der Waals surface area contributed by atoms with Crippen LogP contribution in [0.1, 0.15) is 28.2 Å². The van der Waals surface area contributed by atoms with Crippen LogP contribution in [-0.2, 0) is 6.18 Å². The minimum Gasteiger partial charge on any atom is -0.267 e. The summed E-state index contributed by atoms with van der Waals surface area (Å²) in [5, 5.41) is 3.48. The van der Waals surface area contributed by atoms with Crippen LogP contribution in [0.2, 0.25) is 0 Å². The van der Waals surface area contributed by atoms with Crippen molar-refractivity contribution in [3.05, 3.63) is 71.6 Å². The molecule has 0 spiro atoms. The summed E-state index contributed by atoms with van der Waals surface area (Å²) in [6.45, 7) is 0. The van der Waals surface area contributed by atoms with E-state index in [0.29, 0.717) is 12.0 Å².